The van der Waals surface area contributed by atoms with E-state index < -0.39 is 12.2 Å². The molecule has 0 unspecified atom stereocenters. The van der Waals surface area contributed by atoms with Gasteiger partial charge in [0.1, 0.15) is 24.5 Å². The van der Waals surface area contributed by atoms with E-state index in [-0.39, 0.29) is 74.9 Å². The second kappa shape index (κ2) is 21.1. The number of phenols is 1. The summed E-state index contributed by atoms with van der Waals surface area (Å²) in [5, 5.41) is 11.1. The van der Waals surface area contributed by atoms with Crippen LogP contribution in [0.1, 0.15) is 41.5 Å². The number of thiazole rings is 1. The maximum absolute atomic E-state index is 14.0. The Morgan fingerprint density at radius 3 is 2.19 bits per heavy atom. The number of rotatable bonds is 17. The van der Waals surface area contributed by atoms with Gasteiger partial charge in [0.05, 0.1) is 21.3 Å². The number of nitrogens with one attached hydrogen (secondary N) is 1. The molecule has 2 N–H and O–H groups in total. The smallest absolute Gasteiger partial charge is 0.410 e. The number of H-pyrrole nitrogens is 1. The van der Waals surface area contributed by atoms with Crippen molar-refractivity contribution in [3.8, 4) is 5.75 Å². The Labute approximate surface area is 350 Å². The third-order valence-electron chi connectivity index (χ3n) is 9.99. The molecule has 0 bridgehead atoms. The van der Waals surface area contributed by atoms with Crippen molar-refractivity contribution in [2.24, 2.45) is 0 Å². The molecule has 306 valence electrons. The number of aromatic hydroxyl groups is 1. The first-order chi connectivity index (χ1) is 28.1. The standard InChI is InChI=1S/C43H46Cl2N4O8S/c44-35-13-11-30(27-36(35)45)15-20-47(42(53)57-29-32-9-5-2-6-10-32)22-17-38(51)49(34-18-24-55-25-19-34)23-26-56-43(54)48(28-31-7-3-1-4-8-31)21-16-33-12-14-37(50)39-40(33)58-41(52)46-39/h1-14,27,34,50H,15-26,28-29H2,(H,46,52). The quantitative estimate of drug-likeness (QED) is 0.0958. The first kappa shape index (κ1) is 42.5. The lowest BCUT2D eigenvalue weighted by Gasteiger charge is -2.35. The molecule has 4 aromatic carbocycles. The maximum atomic E-state index is 14.0. The van der Waals surface area contributed by atoms with Crippen LogP contribution in [0.15, 0.2) is 95.8 Å². The van der Waals surface area contributed by atoms with Gasteiger partial charge in [-0.15, -0.1) is 0 Å². The van der Waals surface area contributed by atoms with Gasteiger partial charge in [-0.3, -0.25) is 9.59 Å². The number of phenolic OH excluding ortho intramolecular Hbond substituents is 1. The van der Waals surface area contributed by atoms with Gasteiger partial charge in [0, 0.05) is 51.9 Å². The maximum Gasteiger partial charge on any atom is 0.410 e. The minimum Gasteiger partial charge on any atom is -0.506 e. The Balaban J connectivity index is 1.10. The number of hydrogen-bond acceptors (Lipinski definition) is 9. The van der Waals surface area contributed by atoms with Crippen LogP contribution in [0.25, 0.3) is 10.2 Å². The fraction of sp³-hybridized carbons (Fsp3) is 0.349. The summed E-state index contributed by atoms with van der Waals surface area (Å²) in [4.78, 5) is 60.5. The second-order valence-electron chi connectivity index (χ2n) is 13.9. The zero-order chi connectivity index (χ0) is 40.9. The zero-order valence-corrected chi connectivity index (χ0v) is 34.3. The molecule has 1 aliphatic heterocycles. The number of nitrogens with zero attached hydrogens (tertiary/aromatic N) is 3. The Kier molecular flexibility index (Phi) is 15.5. The molecule has 1 saturated heterocycles. The summed E-state index contributed by atoms with van der Waals surface area (Å²) in [5.41, 5.74) is 3.82. The summed E-state index contributed by atoms with van der Waals surface area (Å²) in [6.07, 6.45) is 1.08. The predicted octanol–water partition coefficient (Wildman–Crippen LogP) is 8.06. The van der Waals surface area contributed by atoms with Crippen LogP contribution in [0.2, 0.25) is 10.0 Å². The molecule has 5 aromatic rings. The molecule has 6 rings (SSSR count). The number of amides is 3. The summed E-state index contributed by atoms with van der Waals surface area (Å²) in [6, 6.07) is 27.4. The monoisotopic (exact) mass is 848 g/mol. The summed E-state index contributed by atoms with van der Waals surface area (Å²) >= 11 is 13.4. The van der Waals surface area contributed by atoms with E-state index in [4.69, 9.17) is 37.4 Å². The van der Waals surface area contributed by atoms with Crippen LogP contribution >= 0.6 is 34.5 Å². The minimum absolute atomic E-state index is 0.0136. The largest absolute Gasteiger partial charge is 0.506 e. The van der Waals surface area contributed by atoms with Gasteiger partial charge in [-0.05, 0) is 66.1 Å². The molecule has 58 heavy (non-hydrogen) atoms. The number of carbonyl (C=O) groups excluding carboxylic acids is 3. The average molecular weight is 850 g/mol. The Morgan fingerprint density at radius 2 is 1.47 bits per heavy atom. The fourth-order valence-electron chi connectivity index (χ4n) is 6.83. The third-order valence-corrected chi connectivity index (χ3v) is 11.7. The van der Waals surface area contributed by atoms with Crippen molar-refractivity contribution in [1.82, 2.24) is 19.7 Å². The Hall–Kier alpha value is -5.08. The van der Waals surface area contributed by atoms with E-state index in [1.807, 2.05) is 66.7 Å². The fourth-order valence-corrected chi connectivity index (χ4v) is 8.05. The number of ether oxygens (including phenoxy) is 3. The molecule has 0 atom stereocenters. The van der Waals surface area contributed by atoms with Gasteiger partial charge < -0.3 is 39.0 Å². The number of carbonyl (C=O) groups is 3. The molecular weight excluding hydrogens is 803 g/mol. The number of halogens is 2. The lowest BCUT2D eigenvalue weighted by Crippen LogP contribution is -2.47. The zero-order valence-electron chi connectivity index (χ0n) is 31.9. The Bertz CT molecular complexity index is 2200. The van der Waals surface area contributed by atoms with Gasteiger partial charge in [0.25, 0.3) is 0 Å². The first-order valence-corrected chi connectivity index (χ1v) is 20.8. The van der Waals surface area contributed by atoms with Crippen LogP contribution in [0.3, 0.4) is 0 Å². The molecule has 12 nitrogen and oxygen atoms in total. The first-order valence-electron chi connectivity index (χ1n) is 19.2. The van der Waals surface area contributed by atoms with E-state index >= 15 is 0 Å². The van der Waals surface area contributed by atoms with Crippen molar-refractivity contribution in [3.63, 3.8) is 0 Å². The third kappa shape index (κ3) is 12.0. The minimum atomic E-state index is -0.546. The normalized spacial score (nSPS) is 12.9. The van der Waals surface area contributed by atoms with Gasteiger partial charge in [-0.1, -0.05) is 107 Å². The van der Waals surface area contributed by atoms with E-state index in [0.717, 1.165) is 33.6 Å². The van der Waals surface area contributed by atoms with Crippen LogP contribution in [0.5, 0.6) is 5.75 Å². The van der Waals surface area contributed by atoms with Crippen LogP contribution in [0.4, 0.5) is 9.59 Å². The highest BCUT2D eigenvalue weighted by Gasteiger charge is 2.28. The number of aromatic amines is 1. The molecule has 3 amide bonds. The topological polar surface area (TPSA) is 142 Å². The SMILES string of the molecule is O=C(OCc1ccccc1)N(CCC(=O)N(CCOC(=O)N(CCc1ccc(O)c2[nH]c(=O)sc12)Cc1ccccc1)C1CCOCC1)CCc1ccc(Cl)c(Cl)c1. The number of aromatic nitrogens is 1. The highest BCUT2D eigenvalue weighted by atomic mass is 35.5. The van der Waals surface area contributed by atoms with Crippen molar-refractivity contribution in [2.45, 2.75) is 51.3 Å². The average Bonchev–Trinajstić information content (AvgIpc) is 3.65. The Morgan fingerprint density at radius 1 is 0.776 bits per heavy atom. The van der Waals surface area contributed by atoms with Crippen LogP contribution in [-0.2, 0) is 45.0 Å². The van der Waals surface area contributed by atoms with Crippen molar-refractivity contribution >= 4 is 62.8 Å². The van der Waals surface area contributed by atoms with E-state index in [0.29, 0.717) is 59.2 Å². The highest BCUT2D eigenvalue weighted by molar-refractivity contribution is 7.16. The van der Waals surface area contributed by atoms with Crippen molar-refractivity contribution in [3.05, 3.63) is 133 Å². The second-order valence-corrected chi connectivity index (χ2v) is 15.7. The molecule has 0 radical (unpaired) electrons. The molecule has 1 aromatic heterocycles. The summed E-state index contributed by atoms with van der Waals surface area (Å²) < 4.78 is 17.8. The van der Waals surface area contributed by atoms with Crippen LogP contribution in [-0.4, -0.2) is 94.9 Å². The summed E-state index contributed by atoms with van der Waals surface area (Å²) in [5.74, 6) is -0.193. The van der Waals surface area contributed by atoms with Gasteiger partial charge >= 0.3 is 17.1 Å². The van der Waals surface area contributed by atoms with Gasteiger partial charge in [0.2, 0.25) is 5.91 Å². The molecule has 0 saturated carbocycles. The summed E-state index contributed by atoms with van der Waals surface area (Å²) in [7, 11) is 0. The molecule has 0 spiro atoms. The van der Waals surface area contributed by atoms with Gasteiger partial charge in [-0.2, -0.15) is 0 Å². The van der Waals surface area contributed by atoms with Crippen molar-refractivity contribution < 1.29 is 33.7 Å². The predicted molar refractivity (Wildman–Crippen MR) is 225 cm³/mol. The van der Waals surface area contributed by atoms with E-state index in [9.17, 15) is 24.3 Å². The number of benzene rings is 4. The molecular formula is C43H46Cl2N4O8S. The molecule has 15 heteroatoms. The highest BCUT2D eigenvalue weighted by Crippen LogP contribution is 2.28. The molecule has 1 aliphatic rings. The number of hydrogen-bond donors (Lipinski definition) is 2. The van der Waals surface area contributed by atoms with E-state index in [2.05, 4.69) is 4.98 Å². The lowest BCUT2D eigenvalue weighted by molar-refractivity contribution is -0.136. The van der Waals surface area contributed by atoms with Gasteiger partial charge in [0.15, 0.2) is 0 Å². The molecule has 2 heterocycles. The lowest BCUT2D eigenvalue weighted by atomic mass is 10.1. The van der Waals surface area contributed by atoms with Crippen LogP contribution < -0.4 is 4.87 Å². The molecule has 0 aliphatic carbocycles. The van der Waals surface area contributed by atoms with Crippen molar-refractivity contribution in [1.29, 1.82) is 0 Å². The van der Waals surface area contributed by atoms with Crippen LogP contribution in [0, 0.1) is 0 Å². The van der Waals surface area contributed by atoms with Gasteiger partial charge in [-0.25, -0.2) is 9.59 Å². The van der Waals surface area contributed by atoms with E-state index in [1.165, 1.54) is 11.0 Å². The summed E-state index contributed by atoms with van der Waals surface area (Å²) in [6.45, 7) is 2.16. The van der Waals surface area contributed by atoms with E-state index in [1.54, 1.807) is 28.0 Å². The molecule has 1 fully saturated rings. The number of fused-ring (bicyclic) bond motifs is 1. The van der Waals surface area contributed by atoms with Crippen molar-refractivity contribution in [2.75, 3.05) is 46.0 Å².